The van der Waals surface area contributed by atoms with Crippen LogP contribution in [0.25, 0.3) is 0 Å². The Hall–Kier alpha value is -1.50. The zero-order valence-electron chi connectivity index (χ0n) is 12.9. The number of amides is 1. The number of tetrazole rings is 1. The summed E-state index contributed by atoms with van der Waals surface area (Å²) in [7, 11) is 0. The van der Waals surface area contributed by atoms with Gasteiger partial charge in [0.2, 0.25) is 5.91 Å². The lowest BCUT2D eigenvalue weighted by Crippen LogP contribution is -2.43. The van der Waals surface area contributed by atoms with Gasteiger partial charge in [-0.2, -0.15) is 0 Å². The fourth-order valence-electron chi connectivity index (χ4n) is 3.24. The third-order valence-electron chi connectivity index (χ3n) is 4.96. The number of aromatic nitrogens is 4. The van der Waals surface area contributed by atoms with E-state index in [0.29, 0.717) is 6.04 Å². The number of rotatable bonds is 6. The Morgan fingerprint density at radius 1 is 1.23 bits per heavy atom. The second-order valence-electron chi connectivity index (χ2n) is 7.03. The molecule has 1 N–H and O–H groups in total. The van der Waals surface area contributed by atoms with Gasteiger partial charge < -0.3 is 5.32 Å². The van der Waals surface area contributed by atoms with E-state index in [0.717, 1.165) is 50.8 Å². The second kappa shape index (κ2) is 5.95. The molecule has 4 rings (SSSR count). The summed E-state index contributed by atoms with van der Waals surface area (Å²) in [5.41, 5.74) is 0. The minimum atomic E-state index is 0.123. The van der Waals surface area contributed by atoms with Gasteiger partial charge in [-0.3, -0.25) is 9.69 Å². The largest absolute Gasteiger partial charge is 0.356 e. The van der Waals surface area contributed by atoms with Crippen molar-refractivity contribution in [2.75, 3.05) is 19.6 Å². The van der Waals surface area contributed by atoms with Crippen LogP contribution in [0.4, 0.5) is 0 Å². The molecular formula is C15H24N6O. The number of carbonyl (C=O) groups is 1. The van der Waals surface area contributed by atoms with Gasteiger partial charge in [0.1, 0.15) is 0 Å². The molecule has 0 radical (unpaired) electrons. The number of piperidine rings is 1. The lowest BCUT2D eigenvalue weighted by molar-refractivity contribution is -0.126. The highest BCUT2D eigenvalue weighted by molar-refractivity contribution is 5.79. The van der Waals surface area contributed by atoms with Crippen molar-refractivity contribution in [3.8, 4) is 0 Å². The van der Waals surface area contributed by atoms with E-state index in [1.165, 1.54) is 25.7 Å². The highest BCUT2D eigenvalue weighted by atomic mass is 16.1. The lowest BCUT2D eigenvalue weighted by atomic mass is 9.97. The van der Waals surface area contributed by atoms with Crippen molar-refractivity contribution in [1.29, 1.82) is 0 Å². The molecule has 0 bridgehead atoms. The molecule has 0 unspecified atom stereocenters. The monoisotopic (exact) mass is 304 g/mol. The minimum absolute atomic E-state index is 0.123. The van der Waals surface area contributed by atoms with Gasteiger partial charge in [0.05, 0.1) is 18.5 Å². The summed E-state index contributed by atoms with van der Waals surface area (Å²) in [6.45, 7) is 3.49. The summed E-state index contributed by atoms with van der Waals surface area (Å²) in [4.78, 5) is 14.6. The van der Waals surface area contributed by atoms with E-state index < -0.39 is 0 Å². The van der Waals surface area contributed by atoms with Gasteiger partial charge >= 0.3 is 0 Å². The average molecular weight is 304 g/mol. The molecule has 3 aliphatic rings. The normalized spacial score (nSPS) is 26.1. The zero-order valence-corrected chi connectivity index (χ0v) is 12.9. The topological polar surface area (TPSA) is 75.9 Å². The van der Waals surface area contributed by atoms with Gasteiger partial charge in [-0.25, -0.2) is 4.68 Å². The van der Waals surface area contributed by atoms with Crippen molar-refractivity contribution in [3.63, 3.8) is 0 Å². The molecule has 120 valence electrons. The van der Waals surface area contributed by atoms with Gasteiger partial charge in [0.25, 0.3) is 0 Å². The van der Waals surface area contributed by atoms with E-state index in [1.54, 1.807) is 0 Å². The molecule has 2 aliphatic carbocycles. The third kappa shape index (κ3) is 3.29. The molecule has 1 aromatic rings. The van der Waals surface area contributed by atoms with Gasteiger partial charge in [-0.05, 0) is 61.4 Å². The van der Waals surface area contributed by atoms with Crippen molar-refractivity contribution in [2.24, 2.45) is 11.8 Å². The number of nitrogens with zero attached hydrogens (tertiary/aromatic N) is 5. The van der Waals surface area contributed by atoms with Crippen molar-refractivity contribution >= 4 is 5.91 Å². The minimum Gasteiger partial charge on any atom is -0.356 e. The predicted molar refractivity (Wildman–Crippen MR) is 79.8 cm³/mol. The Morgan fingerprint density at radius 3 is 2.86 bits per heavy atom. The summed E-state index contributed by atoms with van der Waals surface area (Å²) < 4.78 is 1.97. The van der Waals surface area contributed by atoms with Crippen LogP contribution in [0, 0.1) is 11.8 Å². The Balaban J connectivity index is 1.31. The molecule has 1 atom stereocenters. The Kier molecular flexibility index (Phi) is 3.82. The Bertz CT molecular complexity index is 536. The van der Waals surface area contributed by atoms with E-state index >= 15 is 0 Å². The molecule has 1 aliphatic heterocycles. The van der Waals surface area contributed by atoms with Crippen LogP contribution in [0.1, 0.15) is 50.4 Å². The quantitative estimate of drug-likeness (QED) is 0.839. The molecule has 1 aromatic heterocycles. The van der Waals surface area contributed by atoms with E-state index in [9.17, 15) is 4.79 Å². The fourth-order valence-corrected chi connectivity index (χ4v) is 3.24. The van der Waals surface area contributed by atoms with E-state index in [4.69, 9.17) is 0 Å². The summed E-state index contributed by atoms with van der Waals surface area (Å²) in [6, 6.07) is 0.507. The first-order chi connectivity index (χ1) is 10.8. The van der Waals surface area contributed by atoms with Crippen LogP contribution >= 0.6 is 0 Å². The van der Waals surface area contributed by atoms with Gasteiger partial charge in [0, 0.05) is 13.1 Å². The molecule has 1 saturated heterocycles. The van der Waals surface area contributed by atoms with Crippen LogP contribution in [-0.2, 0) is 11.3 Å². The van der Waals surface area contributed by atoms with Crippen LogP contribution in [0.15, 0.2) is 0 Å². The number of likely N-dealkylation sites (tertiary alicyclic amines) is 1. The fraction of sp³-hybridized carbons (Fsp3) is 0.867. The maximum Gasteiger partial charge on any atom is 0.224 e. The first-order valence-corrected chi connectivity index (χ1v) is 8.56. The second-order valence-corrected chi connectivity index (χ2v) is 7.03. The summed E-state index contributed by atoms with van der Waals surface area (Å²) in [5.74, 6) is 2.05. The van der Waals surface area contributed by atoms with E-state index in [2.05, 4.69) is 25.7 Å². The first kappa shape index (κ1) is 14.1. The molecule has 1 amide bonds. The van der Waals surface area contributed by atoms with Gasteiger partial charge in [-0.15, -0.1) is 5.10 Å². The third-order valence-corrected chi connectivity index (χ3v) is 4.96. The van der Waals surface area contributed by atoms with Crippen molar-refractivity contribution < 1.29 is 4.79 Å². The number of hydrogen-bond donors (Lipinski definition) is 1. The van der Waals surface area contributed by atoms with Gasteiger partial charge in [0.15, 0.2) is 5.82 Å². The molecule has 7 heteroatoms. The average Bonchev–Trinajstić information content (AvgIpc) is 3.46. The predicted octanol–water partition coefficient (Wildman–Crippen LogP) is 0.746. The SMILES string of the molecule is O=C(NCC1CC1)[C@H]1CCCN(Cc2nnnn2C2CC2)C1. The van der Waals surface area contributed by atoms with E-state index in [1.807, 2.05) is 4.68 Å². The van der Waals surface area contributed by atoms with E-state index in [-0.39, 0.29) is 11.8 Å². The smallest absolute Gasteiger partial charge is 0.224 e. The lowest BCUT2D eigenvalue weighted by Gasteiger charge is -2.31. The molecule has 22 heavy (non-hydrogen) atoms. The number of carbonyl (C=O) groups excluding carboxylic acids is 1. The molecule has 7 nitrogen and oxygen atoms in total. The summed E-state index contributed by atoms with van der Waals surface area (Å²) >= 11 is 0. The van der Waals surface area contributed by atoms with Crippen molar-refractivity contribution in [3.05, 3.63) is 5.82 Å². The number of hydrogen-bond acceptors (Lipinski definition) is 5. The van der Waals surface area contributed by atoms with Crippen LogP contribution in [-0.4, -0.2) is 50.6 Å². The van der Waals surface area contributed by atoms with Crippen LogP contribution in [0.2, 0.25) is 0 Å². The zero-order chi connectivity index (χ0) is 14.9. The van der Waals surface area contributed by atoms with Crippen LogP contribution in [0.3, 0.4) is 0 Å². The standard InChI is InChI=1S/C15H24N6O/c22-15(16-8-11-3-4-11)12-2-1-7-20(9-12)10-14-17-18-19-21(14)13-5-6-13/h11-13H,1-10H2,(H,16,22)/t12-/m0/s1. The Morgan fingerprint density at radius 2 is 2.09 bits per heavy atom. The van der Waals surface area contributed by atoms with Crippen LogP contribution < -0.4 is 5.32 Å². The number of nitrogens with one attached hydrogen (secondary N) is 1. The molecule has 0 aromatic carbocycles. The maximum absolute atomic E-state index is 12.3. The molecule has 3 fully saturated rings. The summed E-state index contributed by atoms with van der Waals surface area (Å²) in [5, 5.41) is 15.2. The highest BCUT2D eigenvalue weighted by Crippen LogP contribution is 2.34. The van der Waals surface area contributed by atoms with Crippen LogP contribution in [0.5, 0.6) is 0 Å². The Labute approximate surface area is 130 Å². The molecular weight excluding hydrogens is 280 g/mol. The van der Waals surface area contributed by atoms with Crippen molar-refractivity contribution in [1.82, 2.24) is 30.4 Å². The molecule has 2 saturated carbocycles. The highest BCUT2D eigenvalue weighted by Gasteiger charge is 2.31. The molecule has 2 heterocycles. The summed E-state index contributed by atoms with van der Waals surface area (Å²) in [6.07, 6.45) is 7.00. The van der Waals surface area contributed by atoms with Gasteiger partial charge in [-0.1, -0.05) is 0 Å². The first-order valence-electron chi connectivity index (χ1n) is 8.56. The van der Waals surface area contributed by atoms with Crippen molar-refractivity contribution in [2.45, 2.75) is 51.1 Å². The maximum atomic E-state index is 12.3. The molecule has 0 spiro atoms.